The zero-order chi connectivity index (χ0) is 24.5. The van der Waals surface area contributed by atoms with Crippen LogP contribution in [0.1, 0.15) is 70.3 Å². The molecule has 2 spiro atoms. The SMILES string of the molecule is CC1CCCC1N1C(=O)C2(CC2)c2cnc(NC3CCN(SN4CC5(CCN(C)CC5)C4)CC3)nc21. The highest BCUT2D eigenvalue weighted by Gasteiger charge is 2.62. The zero-order valence-electron chi connectivity index (χ0n) is 21.9. The molecule has 4 aliphatic heterocycles. The van der Waals surface area contributed by atoms with Gasteiger partial charge in [-0.25, -0.2) is 13.6 Å². The second kappa shape index (κ2) is 8.82. The first kappa shape index (κ1) is 23.7. The number of piperidine rings is 2. The standard InChI is InChI=1S/C27H41N7OS/c1-19-4-3-5-22(19)34-23-21(27(8-9-27)24(34)35)16-28-25(30-23)29-20-6-12-32(13-7-20)36-33-17-26(18-33)10-14-31(2)15-11-26/h16,19-20,22H,3-15,17-18H2,1-2H3,(H,28,29,30). The number of carbonyl (C=O) groups excluding carboxylic acids is 1. The topological polar surface area (TPSA) is 67.8 Å². The third-order valence-corrected chi connectivity index (χ3v) is 11.2. The molecule has 196 valence electrons. The van der Waals surface area contributed by atoms with Crippen molar-refractivity contribution in [2.45, 2.75) is 82.2 Å². The van der Waals surface area contributed by atoms with Gasteiger partial charge >= 0.3 is 0 Å². The first-order chi connectivity index (χ1) is 17.4. The van der Waals surface area contributed by atoms with Gasteiger partial charge in [-0.1, -0.05) is 13.3 Å². The van der Waals surface area contributed by atoms with E-state index in [4.69, 9.17) is 9.97 Å². The zero-order valence-corrected chi connectivity index (χ0v) is 22.7. The lowest BCUT2D eigenvalue weighted by Gasteiger charge is -2.54. The summed E-state index contributed by atoms with van der Waals surface area (Å²) in [5.74, 6) is 2.45. The number of likely N-dealkylation sites (tertiary alicyclic amines) is 1. The van der Waals surface area contributed by atoms with Crippen molar-refractivity contribution >= 4 is 29.8 Å². The fourth-order valence-corrected chi connectivity index (χ4v) is 8.79. The van der Waals surface area contributed by atoms with Crippen molar-refractivity contribution in [1.29, 1.82) is 0 Å². The predicted octanol–water partition coefficient (Wildman–Crippen LogP) is 3.51. The Balaban J connectivity index is 0.952. The molecule has 3 saturated heterocycles. The van der Waals surface area contributed by atoms with Gasteiger partial charge in [-0.05, 0) is 77.4 Å². The summed E-state index contributed by atoms with van der Waals surface area (Å²) in [6, 6.07) is 0.691. The van der Waals surface area contributed by atoms with E-state index in [0.29, 0.717) is 35.3 Å². The number of hydrogen-bond donors (Lipinski definition) is 1. The Morgan fingerprint density at radius 1 is 1.00 bits per heavy atom. The van der Waals surface area contributed by atoms with Crippen LogP contribution in [0.4, 0.5) is 11.8 Å². The van der Waals surface area contributed by atoms with Crippen LogP contribution in [0.3, 0.4) is 0 Å². The van der Waals surface area contributed by atoms with Crippen molar-refractivity contribution in [3.05, 3.63) is 11.8 Å². The number of nitrogens with zero attached hydrogens (tertiary/aromatic N) is 6. The van der Waals surface area contributed by atoms with Gasteiger partial charge in [-0.3, -0.25) is 9.69 Å². The molecule has 1 aromatic rings. The summed E-state index contributed by atoms with van der Waals surface area (Å²) in [6.07, 6.45) is 12.3. The number of rotatable bonds is 5. The summed E-state index contributed by atoms with van der Waals surface area (Å²) < 4.78 is 5.12. The number of fused-ring (bicyclic) bond motifs is 2. The van der Waals surface area contributed by atoms with Crippen molar-refractivity contribution in [1.82, 2.24) is 23.5 Å². The summed E-state index contributed by atoms with van der Waals surface area (Å²) in [5, 5.41) is 3.63. The predicted molar refractivity (Wildman–Crippen MR) is 144 cm³/mol. The van der Waals surface area contributed by atoms with Crippen LogP contribution in [0.25, 0.3) is 0 Å². The number of carbonyl (C=O) groups is 1. The van der Waals surface area contributed by atoms with Gasteiger partial charge in [0.15, 0.2) is 0 Å². The number of amides is 1. The van der Waals surface area contributed by atoms with Crippen molar-refractivity contribution < 1.29 is 4.79 Å². The number of aromatic nitrogens is 2. The van der Waals surface area contributed by atoms with E-state index >= 15 is 0 Å². The first-order valence-electron chi connectivity index (χ1n) is 14.3. The average Bonchev–Trinajstić information content (AvgIpc) is 3.51. The molecule has 36 heavy (non-hydrogen) atoms. The lowest BCUT2D eigenvalue weighted by molar-refractivity contribution is -0.120. The molecule has 8 nitrogen and oxygen atoms in total. The van der Waals surface area contributed by atoms with Gasteiger partial charge in [-0.15, -0.1) is 0 Å². The molecule has 0 aromatic carbocycles. The number of anilines is 2. The number of nitrogens with one attached hydrogen (secondary N) is 1. The van der Waals surface area contributed by atoms with Gasteiger partial charge in [-0.2, -0.15) is 4.98 Å². The molecule has 2 atom stereocenters. The van der Waals surface area contributed by atoms with Crippen LogP contribution in [0.5, 0.6) is 0 Å². The maximum absolute atomic E-state index is 13.5. The average molecular weight is 512 g/mol. The molecule has 9 heteroatoms. The van der Waals surface area contributed by atoms with E-state index in [-0.39, 0.29) is 5.41 Å². The highest BCUT2D eigenvalue weighted by Crippen LogP contribution is 2.58. The van der Waals surface area contributed by atoms with E-state index in [1.54, 1.807) is 0 Å². The van der Waals surface area contributed by atoms with Crippen molar-refractivity contribution in [3.8, 4) is 0 Å². The molecule has 0 bridgehead atoms. The minimum Gasteiger partial charge on any atom is -0.351 e. The monoisotopic (exact) mass is 511 g/mol. The van der Waals surface area contributed by atoms with Crippen LogP contribution in [-0.4, -0.2) is 87.8 Å². The third-order valence-electron chi connectivity index (χ3n) is 10.1. The Morgan fingerprint density at radius 3 is 2.42 bits per heavy atom. The van der Waals surface area contributed by atoms with Gasteiger partial charge in [0.05, 0.1) is 5.41 Å². The second-order valence-corrected chi connectivity index (χ2v) is 13.9. The van der Waals surface area contributed by atoms with Crippen molar-refractivity contribution in [2.24, 2.45) is 11.3 Å². The van der Waals surface area contributed by atoms with Gasteiger partial charge < -0.3 is 10.2 Å². The Kier molecular flexibility index (Phi) is 5.80. The fraction of sp³-hybridized carbons (Fsp3) is 0.815. The molecular formula is C27H41N7OS. The largest absolute Gasteiger partial charge is 0.351 e. The van der Waals surface area contributed by atoms with E-state index < -0.39 is 0 Å². The Morgan fingerprint density at radius 2 is 1.75 bits per heavy atom. The van der Waals surface area contributed by atoms with Crippen LogP contribution in [0, 0.1) is 11.3 Å². The third kappa shape index (κ3) is 3.96. The highest BCUT2D eigenvalue weighted by molar-refractivity contribution is 7.94. The fourth-order valence-electron chi connectivity index (χ4n) is 7.43. The summed E-state index contributed by atoms with van der Waals surface area (Å²) in [4.78, 5) is 27.7. The molecular weight excluding hydrogens is 470 g/mol. The van der Waals surface area contributed by atoms with Crippen LogP contribution < -0.4 is 10.2 Å². The Hall–Kier alpha value is -1.42. The van der Waals surface area contributed by atoms with Gasteiger partial charge in [0.25, 0.3) is 0 Å². The smallest absolute Gasteiger partial charge is 0.239 e. The maximum Gasteiger partial charge on any atom is 0.239 e. The highest BCUT2D eigenvalue weighted by atomic mass is 32.2. The molecule has 5 fully saturated rings. The molecule has 2 aliphatic carbocycles. The Labute approximate surface area is 219 Å². The molecule has 5 heterocycles. The quantitative estimate of drug-likeness (QED) is 0.603. The molecule has 2 unspecified atom stereocenters. The normalized spacial score (nSPS) is 32.3. The Bertz CT molecular complexity index is 1010. The molecule has 0 radical (unpaired) electrons. The molecule has 1 aromatic heterocycles. The molecule has 1 N–H and O–H groups in total. The van der Waals surface area contributed by atoms with E-state index in [1.165, 1.54) is 51.9 Å². The number of hydrogen-bond acceptors (Lipinski definition) is 8. The molecule has 1 amide bonds. The van der Waals surface area contributed by atoms with Crippen LogP contribution >= 0.6 is 12.1 Å². The maximum atomic E-state index is 13.5. The van der Waals surface area contributed by atoms with Gasteiger partial charge in [0, 0.05) is 67.6 Å². The first-order valence-corrected chi connectivity index (χ1v) is 15.0. The van der Waals surface area contributed by atoms with Gasteiger partial charge in [0.2, 0.25) is 11.9 Å². The van der Waals surface area contributed by atoms with Crippen LogP contribution in [0.2, 0.25) is 0 Å². The van der Waals surface area contributed by atoms with Gasteiger partial charge in [0.1, 0.15) is 5.82 Å². The lowest BCUT2D eigenvalue weighted by Crippen LogP contribution is -2.58. The lowest BCUT2D eigenvalue weighted by atomic mass is 9.73. The van der Waals surface area contributed by atoms with E-state index in [9.17, 15) is 4.79 Å². The minimum absolute atomic E-state index is 0.293. The van der Waals surface area contributed by atoms with Crippen LogP contribution in [-0.2, 0) is 10.2 Å². The van der Waals surface area contributed by atoms with E-state index in [1.807, 2.05) is 18.3 Å². The van der Waals surface area contributed by atoms with Crippen LogP contribution in [0.15, 0.2) is 6.20 Å². The van der Waals surface area contributed by atoms with Crippen molar-refractivity contribution in [2.75, 3.05) is 56.5 Å². The molecule has 7 rings (SSSR count). The molecule has 2 saturated carbocycles. The van der Waals surface area contributed by atoms with Crippen molar-refractivity contribution in [3.63, 3.8) is 0 Å². The summed E-state index contributed by atoms with van der Waals surface area (Å²) >= 11 is 1.97. The summed E-state index contributed by atoms with van der Waals surface area (Å²) in [6.45, 7) is 9.49. The minimum atomic E-state index is -0.304. The second-order valence-electron chi connectivity index (χ2n) is 12.7. The molecule has 6 aliphatic rings. The van der Waals surface area contributed by atoms with E-state index in [2.05, 4.69) is 37.7 Å². The summed E-state index contributed by atoms with van der Waals surface area (Å²) in [7, 11) is 2.25. The summed E-state index contributed by atoms with van der Waals surface area (Å²) in [5.41, 5.74) is 1.37. The van der Waals surface area contributed by atoms with E-state index in [0.717, 1.165) is 56.6 Å².